The van der Waals surface area contributed by atoms with Crippen LogP contribution in [0.1, 0.15) is 38.7 Å². The third-order valence-electron chi connectivity index (χ3n) is 6.72. The van der Waals surface area contributed by atoms with Gasteiger partial charge in [0.15, 0.2) is 12.2 Å². The summed E-state index contributed by atoms with van der Waals surface area (Å²) >= 11 is 0. The van der Waals surface area contributed by atoms with Gasteiger partial charge in [0.25, 0.3) is 0 Å². The van der Waals surface area contributed by atoms with Crippen LogP contribution in [0.15, 0.2) is 40.7 Å². The van der Waals surface area contributed by atoms with E-state index in [2.05, 4.69) is 20.1 Å². The van der Waals surface area contributed by atoms with Crippen LogP contribution in [-0.2, 0) is 35.2 Å². The molecule has 4 N–H and O–H groups in total. The molecule has 44 heavy (non-hydrogen) atoms. The summed E-state index contributed by atoms with van der Waals surface area (Å²) in [4.78, 5) is 42.9. The monoisotopic (exact) mass is 615 g/mol. The van der Waals surface area contributed by atoms with E-state index >= 15 is 4.39 Å². The van der Waals surface area contributed by atoms with E-state index in [4.69, 9.17) is 35.3 Å². The lowest BCUT2D eigenvalue weighted by atomic mass is 10.1. The number of carbonyl (C=O) groups is 2. The highest BCUT2D eigenvalue weighted by Crippen LogP contribution is 2.26. The van der Waals surface area contributed by atoms with E-state index in [1.54, 1.807) is 26.0 Å². The van der Waals surface area contributed by atoms with Crippen LogP contribution in [0, 0.1) is 17.7 Å². The predicted octanol–water partition coefficient (Wildman–Crippen LogP) is 2.74. The van der Waals surface area contributed by atoms with Crippen molar-refractivity contribution in [3.8, 4) is 11.1 Å². The number of hydrogen-bond acceptors (Lipinski definition) is 11. The van der Waals surface area contributed by atoms with Crippen molar-refractivity contribution in [1.29, 1.82) is 0 Å². The minimum atomic E-state index is -1.02. The van der Waals surface area contributed by atoms with Crippen molar-refractivity contribution in [2.24, 2.45) is 33.5 Å². The van der Waals surface area contributed by atoms with Crippen molar-refractivity contribution in [2.45, 2.75) is 46.0 Å². The van der Waals surface area contributed by atoms with Crippen LogP contribution in [0.3, 0.4) is 0 Å². The highest BCUT2D eigenvalue weighted by molar-refractivity contribution is 5.98. The van der Waals surface area contributed by atoms with E-state index in [0.29, 0.717) is 37.8 Å². The Bertz CT molecular complexity index is 1320. The van der Waals surface area contributed by atoms with Gasteiger partial charge in [-0.05, 0) is 19.3 Å². The predicted molar refractivity (Wildman–Crippen MR) is 158 cm³/mol. The van der Waals surface area contributed by atoms with Crippen LogP contribution < -0.4 is 16.4 Å². The fraction of sp³-hybridized carbons (Fsp3) is 0.517. The third kappa shape index (κ3) is 9.57. The number of amides is 1. The van der Waals surface area contributed by atoms with Gasteiger partial charge >= 0.3 is 12.1 Å². The summed E-state index contributed by atoms with van der Waals surface area (Å²) in [5, 5.41) is 4.22. The van der Waals surface area contributed by atoms with E-state index in [0.717, 1.165) is 25.0 Å². The van der Waals surface area contributed by atoms with Gasteiger partial charge in [-0.3, -0.25) is 4.79 Å². The van der Waals surface area contributed by atoms with Crippen LogP contribution in [0.5, 0.6) is 0 Å². The number of rotatable bonds is 13. The molecule has 14 nitrogen and oxygen atoms in total. The number of aliphatic imine (C=N–C) groups is 1. The minimum absolute atomic E-state index is 0.142. The Labute approximate surface area is 254 Å². The molecule has 0 bridgehead atoms. The van der Waals surface area contributed by atoms with Gasteiger partial charge in [-0.25, -0.2) is 19.2 Å². The number of hydrogen-bond donors (Lipinski definition) is 2. The van der Waals surface area contributed by atoms with Crippen molar-refractivity contribution < 1.29 is 37.8 Å². The molecule has 2 aromatic rings. The Morgan fingerprint density at radius 3 is 2.57 bits per heavy atom. The van der Waals surface area contributed by atoms with Crippen LogP contribution in [-0.4, -0.2) is 79.5 Å². The number of nitrogens with two attached hydrogens (primary N) is 2. The standard InChI is InChI=1S/C29H38FN7O7/c1-18(2)26(38)42-15-19(14-41-24-8-3-4-9-40-24)16-44-36-22-12-37(13-22)28-33-10-21(11-34-28)23-7-5-6-20(25(23)30)17-43-29(39)35-27(31)32/h5-7,10-11,18-19,24H,3-4,8-9,12-17H2,1-2H3,(H4,31,32,35,39). The number of oxime groups is 1. The summed E-state index contributed by atoms with van der Waals surface area (Å²) in [6.45, 7) is 5.50. The highest BCUT2D eigenvalue weighted by atomic mass is 19.1. The molecule has 2 aliphatic heterocycles. The molecule has 0 radical (unpaired) electrons. The lowest BCUT2D eigenvalue weighted by molar-refractivity contribution is -0.177. The van der Waals surface area contributed by atoms with Crippen molar-refractivity contribution in [3.05, 3.63) is 42.0 Å². The Morgan fingerprint density at radius 1 is 1.11 bits per heavy atom. The van der Waals surface area contributed by atoms with Crippen LogP contribution in [0.25, 0.3) is 11.1 Å². The number of guanidine groups is 1. The molecule has 1 aromatic heterocycles. The molecule has 3 heterocycles. The van der Waals surface area contributed by atoms with Gasteiger partial charge in [0.05, 0.1) is 43.9 Å². The van der Waals surface area contributed by atoms with Crippen molar-refractivity contribution in [1.82, 2.24) is 9.97 Å². The minimum Gasteiger partial charge on any atom is -0.465 e. The number of anilines is 1. The second kappa shape index (κ2) is 15.9. The topological polar surface area (TPSA) is 186 Å². The van der Waals surface area contributed by atoms with E-state index in [9.17, 15) is 9.59 Å². The molecule has 0 spiro atoms. The van der Waals surface area contributed by atoms with Crippen molar-refractivity contribution in [3.63, 3.8) is 0 Å². The highest BCUT2D eigenvalue weighted by Gasteiger charge is 2.26. The van der Waals surface area contributed by atoms with Gasteiger partial charge in [0.2, 0.25) is 5.95 Å². The number of esters is 1. The molecule has 0 aliphatic carbocycles. The number of nitrogens with zero attached hydrogens (tertiary/aromatic N) is 5. The normalized spacial score (nSPS) is 17.0. The maximum atomic E-state index is 15.1. The van der Waals surface area contributed by atoms with Crippen molar-refractivity contribution in [2.75, 3.05) is 44.4 Å². The molecule has 0 saturated carbocycles. The van der Waals surface area contributed by atoms with Gasteiger partial charge in [-0.15, -0.1) is 4.99 Å². The smallest absolute Gasteiger partial charge is 0.437 e. The molecule has 4 rings (SSSR count). The molecule has 2 fully saturated rings. The quantitative estimate of drug-likeness (QED) is 0.145. The number of halogens is 1. The summed E-state index contributed by atoms with van der Waals surface area (Å²) in [5.41, 5.74) is 11.9. The third-order valence-corrected chi connectivity index (χ3v) is 6.72. The molecule has 1 amide bonds. The molecule has 15 heteroatoms. The first-order valence-electron chi connectivity index (χ1n) is 14.4. The molecule has 2 atom stereocenters. The fourth-order valence-electron chi connectivity index (χ4n) is 4.24. The average molecular weight is 616 g/mol. The molecular formula is C29H38FN7O7. The molecule has 1 aromatic carbocycles. The Kier molecular flexibility index (Phi) is 11.8. The summed E-state index contributed by atoms with van der Waals surface area (Å²) in [6.07, 6.45) is 4.67. The molecule has 238 valence electrons. The van der Waals surface area contributed by atoms with Crippen LogP contribution >= 0.6 is 0 Å². The largest absolute Gasteiger partial charge is 0.465 e. The summed E-state index contributed by atoms with van der Waals surface area (Å²) in [7, 11) is 0. The zero-order valence-electron chi connectivity index (χ0n) is 24.8. The second-order valence-corrected chi connectivity index (χ2v) is 10.7. The lowest BCUT2D eigenvalue weighted by Crippen LogP contribution is -2.48. The van der Waals surface area contributed by atoms with Crippen molar-refractivity contribution >= 4 is 29.7 Å². The fourth-order valence-corrected chi connectivity index (χ4v) is 4.24. The zero-order chi connectivity index (χ0) is 31.5. The second-order valence-electron chi connectivity index (χ2n) is 10.7. The Balaban J connectivity index is 1.27. The Morgan fingerprint density at radius 2 is 1.89 bits per heavy atom. The van der Waals surface area contributed by atoms with E-state index in [1.165, 1.54) is 18.5 Å². The van der Waals surface area contributed by atoms with Gasteiger partial charge in [-0.1, -0.05) is 37.2 Å². The SMILES string of the molecule is CC(C)C(=O)OCC(CON=C1CN(c2ncc(-c3cccc(COC(=O)N=C(N)N)c3F)cn2)C1)COC1CCCCO1. The first kappa shape index (κ1) is 32.5. The Hall–Kier alpha value is -4.37. The lowest BCUT2D eigenvalue weighted by Gasteiger charge is -2.32. The summed E-state index contributed by atoms with van der Waals surface area (Å²) in [5.74, 6) is -1.29. The molecule has 2 unspecified atom stereocenters. The number of carbonyl (C=O) groups excluding carboxylic acids is 2. The zero-order valence-corrected chi connectivity index (χ0v) is 24.8. The van der Waals surface area contributed by atoms with Crippen LogP contribution in [0.2, 0.25) is 0 Å². The van der Waals surface area contributed by atoms with E-state index < -0.39 is 17.9 Å². The van der Waals surface area contributed by atoms with Gasteiger partial charge in [-0.2, -0.15) is 0 Å². The average Bonchev–Trinajstić information content (AvgIpc) is 2.99. The van der Waals surface area contributed by atoms with E-state index in [-0.39, 0.29) is 55.0 Å². The number of benzene rings is 1. The molecular weight excluding hydrogens is 577 g/mol. The summed E-state index contributed by atoms with van der Waals surface area (Å²) < 4.78 is 36.9. The molecule has 2 aliphatic rings. The number of aromatic nitrogens is 2. The molecule has 2 saturated heterocycles. The maximum Gasteiger partial charge on any atom is 0.437 e. The van der Waals surface area contributed by atoms with E-state index in [1.807, 2.05) is 4.90 Å². The first-order chi connectivity index (χ1) is 21.2. The maximum absolute atomic E-state index is 15.1. The van der Waals surface area contributed by atoms with Gasteiger partial charge in [0, 0.05) is 35.7 Å². The van der Waals surface area contributed by atoms with Crippen LogP contribution in [0.4, 0.5) is 15.1 Å². The van der Waals surface area contributed by atoms with Gasteiger partial charge in [0.1, 0.15) is 19.0 Å². The number of ether oxygens (including phenoxy) is 4. The first-order valence-corrected chi connectivity index (χ1v) is 14.4. The van der Waals surface area contributed by atoms with Gasteiger partial charge < -0.3 is 40.2 Å². The summed E-state index contributed by atoms with van der Waals surface area (Å²) in [6, 6.07) is 4.69.